The molecule has 0 saturated carbocycles. The number of aryl methyl sites for hydroxylation is 2. The monoisotopic (exact) mass is 858 g/mol. The Morgan fingerprint density at radius 3 is 1.45 bits per heavy atom. The first-order valence-electron chi connectivity index (χ1n) is 20.8. The normalized spacial score (nSPS) is 11.5. The molecule has 14 heteroatoms. The summed E-state index contributed by atoms with van der Waals surface area (Å²) in [6.07, 6.45) is 0.231. The van der Waals surface area contributed by atoms with Gasteiger partial charge in [0.1, 0.15) is 11.6 Å². The van der Waals surface area contributed by atoms with Crippen LogP contribution in [0.1, 0.15) is 76.1 Å². The van der Waals surface area contributed by atoms with Gasteiger partial charge in [0.25, 0.3) is 11.1 Å². The Hall–Kier alpha value is -8.00. The van der Waals surface area contributed by atoms with Crippen LogP contribution in [0, 0.1) is 19.8 Å². The highest BCUT2D eigenvalue weighted by Crippen LogP contribution is 2.26. The van der Waals surface area contributed by atoms with E-state index in [9.17, 15) is 28.8 Å². The summed E-state index contributed by atoms with van der Waals surface area (Å²) in [6, 6.07) is 33.6. The standard InChI is InChI=1S/C26H25N3O4.C24H21N3O4/c1-3-17(26(32)33)13-23(30)19-6-9-20(10-7-19)27-14-16-4-5-18-8-11-22-24(21(18)12-16)25(31)29-15(2)28-22;1-14-26-20-9-6-16-3-2-15(12-19(16)23(20)24(31)27-14)13-25-18-7-4-17(5-8-18)21(28)10-11-22(29)30/h4-12,17,27H,3,13-14H2,1-2H3,(H,32,33)(H,28,29,31);2-9,12,25H,10-11,13H2,1H3,(H,29,30)(H,26,27,31). The molecule has 0 aliphatic heterocycles. The number of H-pyrrole nitrogens is 2. The topological polar surface area (TPSA) is 224 Å². The Morgan fingerprint density at radius 2 is 1.03 bits per heavy atom. The molecule has 14 nitrogen and oxygen atoms in total. The lowest BCUT2D eigenvalue weighted by molar-refractivity contribution is -0.141. The summed E-state index contributed by atoms with van der Waals surface area (Å²) in [5.41, 5.74) is 5.70. The van der Waals surface area contributed by atoms with Crippen molar-refractivity contribution in [2.75, 3.05) is 10.6 Å². The van der Waals surface area contributed by atoms with Crippen molar-refractivity contribution in [3.05, 3.63) is 164 Å². The number of hydrogen-bond acceptors (Lipinski definition) is 10. The Kier molecular flexibility index (Phi) is 13.3. The van der Waals surface area contributed by atoms with Gasteiger partial charge in [-0.05, 0) is 126 Å². The number of carboxylic acid groups (broad SMARTS) is 2. The molecular formula is C50H46N6O8. The number of aliphatic carboxylic acids is 2. The minimum Gasteiger partial charge on any atom is -0.481 e. The first-order valence-corrected chi connectivity index (χ1v) is 20.8. The second-order valence-electron chi connectivity index (χ2n) is 15.6. The zero-order valence-electron chi connectivity index (χ0n) is 35.5. The molecule has 6 aromatic carbocycles. The fourth-order valence-electron chi connectivity index (χ4n) is 7.53. The van der Waals surface area contributed by atoms with Crippen molar-refractivity contribution < 1.29 is 29.4 Å². The fourth-order valence-corrected chi connectivity index (χ4v) is 7.53. The maximum Gasteiger partial charge on any atom is 0.306 e. The highest BCUT2D eigenvalue weighted by Gasteiger charge is 2.20. The molecule has 0 bridgehead atoms. The molecule has 0 aliphatic carbocycles. The maximum atomic E-state index is 12.5. The molecular weight excluding hydrogens is 813 g/mol. The van der Waals surface area contributed by atoms with Gasteiger partial charge in [-0.15, -0.1) is 0 Å². The number of benzene rings is 6. The lowest BCUT2D eigenvalue weighted by Gasteiger charge is -2.11. The number of rotatable bonds is 15. The SMILES string of the molecule is CCC(CC(=O)c1ccc(NCc2ccc3ccc4nc(C)[nH]c(=O)c4c3c2)cc1)C(=O)O.Cc1nc2ccc3ccc(CNc4ccc(C(=O)CCC(=O)O)cc4)cc3c2c(=O)[nH]1. The molecule has 324 valence electrons. The van der Waals surface area contributed by atoms with Crippen LogP contribution in [0.5, 0.6) is 0 Å². The number of ketones is 2. The first kappa shape index (κ1) is 44.1. The molecule has 1 unspecified atom stereocenters. The maximum absolute atomic E-state index is 12.5. The number of anilines is 2. The molecule has 0 spiro atoms. The van der Waals surface area contributed by atoms with Crippen molar-refractivity contribution in [2.24, 2.45) is 5.92 Å². The Balaban J connectivity index is 0.000000192. The van der Waals surface area contributed by atoms with Crippen LogP contribution >= 0.6 is 0 Å². The molecule has 0 amide bonds. The van der Waals surface area contributed by atoms with Gasteiger partial charge >= 0.3 is 11.9 Å². The van der Waals surface area contributed by atoms with Crippen LogP contribution in [0.15, 0.2) is 119 Å². The van der Waals surface area contributed by atoms with Crippen LogP contribution in [-0.4, -0.2) is 53.7 Å². The third-order valence-corrected chi connectivity index (χ3v) is 11.0. The number of fused-ring (bicyclic) bond motifs is 6. The highest BCUT2D eigenvalue weighted by atomic mass is 16.4. The molecule has 0 saturated heterocycles. The van der Waals surface area contributed by atoms with Crippen LogP contribution in [-0.2, 0) is 22.7 Å². The molecule has 2 heterocycles. The Labute approximate surface area is 366 Å². The molecule has 1 atom stereocenters. The van der Waals surface area contributed by atoms with Crippen LogP contribution in [0.4, 0.5) is 11.4 Å². The number of carbonyl (C=O) groups excluding carboxylic acids is 2. The van der Waals surface area contributed by atoms with E-state index in [1.807, 2.05) is 72.8 Å². The van der Waals surface area contributed by atoms with E-state index >= 15 is 0 Å². The second-order valence-corrected chi connectivity index (χ2v) is 15.6. The van der Waals surface area contributed by atoms with E-state index in [1.54, 1.807) is 57.2 Å². The predicted molar refractivity (Wildman–Crippen MR) is 248 cm³/mol. The van der Waals surface area contributed by atoms with Gasteiger partial charge in [-0.2, -0.15) is 0 Å². The smallest absolute Gasteiger partial charge is 0.306 e. The van der Waals surface area contributed by atoms with Crippen LogP contribution in [0.25, 0.3) is 43.4 Å². The number of aromatic amines is 2. The summed E-state index contributed by atoms with van der Waals surface area (Å²) in [5, 5.41) is 29.3. The minimum absolute atomic E-state index is 0.00281. The van der Waals surface area contributed by atoms with Gasteiger partial charge in [-0.3, -0.25) is 28.8 Å². The van der Waals surface area contributed by atoms with Crippen molar-refractivity contribution in [3.8, 4) is 0 Å². The highest BCUT2D eigenvalue weighted by molar-refractivity contribution is 6.07. The van der Waals surface area contributed by atoms with Crippen molar-refractivity contribution in [3.63, 3.8) is 0 Å². The van der Waals surface area contributed by atoms with Crippen molar-refractivity contribution >= 4 is 78.2 Å². The molecule has 0 radical (unpaired) electrons. The number of Topliss-reactive ketones (excluding diaryl/α,β-unsaturated/α-hetero) is 2. The summed E-state index contributed by atoms with van der Waals surface area (Å²) in [4.78, 5) is 85.6. The molecule has 6 N–H and O–H groups in total. The van der Waals surface area contributed by atoms with Gasteiger partial charge in [0.05, 0.1) is 34.1 Å². The van der Waals surface area contributed by atoms with Gasteiger partial charge in [-0.25, -0.2) is 9.97 Å². The quantitative estimate of drug-likeness (QED) is 0.0421. The van der Waals surface area contributed by atoms with Crippen LogP contribution in [0.2, 0.25) is 0 Å². The molecule has 64 heavy (non-hydrogen) atoms. The summed E-state index contributed by atoms with van der Waals surface area (Å²) in [5.74, 6) is -1.79. The van der Waals surface area contributed by atoms with Crippen molar-refractivity contribution in [1.82, 2.24) is 19.9 Å². The van der Waals surface area contributed by atoms with Crippen LogP contribution in [0.3, 0.4) is 0 Å². The number of carbonyl (C=O) groups is 4. The number of nitrogens with one attached hydrogen (secondary N) is 4. The van der Waals surface area contributed by atoms with Gasteiger partial charge in [-0.1, -0.05) is 43.3 Å². The molecule has 0 fully saturated rings. The van der Waals surface area contributed by atoms with Gasteiger partial charge in [0, 0.05) is 48.4 Å². The van der Waals surface area contributed by atoms with E-state index in [2.05, 4.69) is 30.6 Å². The largest absolute Gasteiger partial charge is 0.481 e. The lowest BCUT2D eigenvalue weighted by atomic mass is 9.96. The van der Waals surface area contributed by atoms with E-state index in [1.165, 1.54) is 0 Å². The van der Waals surface area contributed by atoms with Gasteiger partial charge < -0.3 is 30.8 Å². The lowest BCUT2D eigenvalue weighted by Crippen LogP contribution is -2.17. The third-order valence-electron chi connectivity index (χ3n) is 11.0. The summed E-state index contributed by atoms with van der Waals surface area (Å²) >= 11 is 0. The Morgan fingerprint density at radius 1 is 0.594 bits per heavy atom. The summed E-state index contributed by atoms with van der Waals surface area (Å²) < 4.78 is 0. The van der Waals surface area contributed by atoms with Gasteiger partial charge in [0.15, 0.2) is 11.6 Å². The third kappa shape index (κ3) is 10.4. The van der Waals surface area contributed by atoms with E-state index in [0.29, 0.717) is 64.1 Å². The van der Waals surface area contributed by atoms with E-state index in [4.69, 9.17) is 10.2 Å². The number of hydrogen-bond donors (Lipinski definition) is 6. The van der Waals surface area contributed by atoms with E-state index in [-0.39, 0.29) is 41.9 Å². The zero-order chi connectivity index (χ0) is 45.5. The van der Waals surface area contributed by atoms with E-state index in [0.717, 1.165) is 44.0 Å². The number of aromatic nitrogens is 4. The summed E-state index contributed by atoms with van der Waals surface area (Å²) in [7, 11) is 0. The molecule has 2 aromatic heterocycles. The second kappa shape index (κ2) is 19.4. The number of carboxylic acids is 2. The van der Waals surface area contributed by atoms with Crippen LogP contribution < -0.4 is 21.8 Å². The Bertz CT molecular complexity index is 3200. The zero-order valence-corrected chi connectivity index (χ0v) is 35.5. The van der Waals surface area contributed by atoms with Crippen molar-refractivity contribution in [2.45, 2.75) is 59.5 Å². The average Bonchev–Trinajstić information content (AvgIpc) is 3.28. The molecule has 0 aliphatic rings. The predicted octanol–water partition coefficient (Wildman–Crippen LogP) is 8.72. The summed E-state index contributed by atoms with van der Waals surface area (Å²) in [6.45, 7) is 6.36. The first-order chi connectivity index (χ1) is 30.8. The molecule has 8 rings (SSSR count). The molecule has 8 aromatic rings. The van der Waals surface area contributed by atoms with Crippen molar-refractivity contribution in [1.29, 1.82) is 0 Å². The van der Waals surface area contributed by atoms with E-state index < -0.39 is 17.9 Å². The minimum atomic E-state index is -0.984. The number of nitrogens with zero attached hydrogens (tertiary/aromatic N) is 2. The fraction of sp³-hybridized carbons (Fsp3) is 0.200. The van der Waals surface area contributed by atoms with Gasteiger partial charge in [0.2, 0.25) is 0 Å². The average molecular weight is 859 g/mol.